The molecule has 4 aliphatic rings. The lowest BCUT2D eigenvalue weighted by Crippen LogP contribution is -2.38. The summed E-state index contributed by atoms with van der Waals surface area (Å²) in [6.07, 6.45) is 1.11. The number of halogens is 2. The fourth-order valence-corrected chi connectivity index (χ4v) is 8.56. The average molecular weight is 762 g/mol. The number of anilines is 4. The second-order valence-corrected chi connectivity index (χ2v) is 15.1. The fourth-order valence-electron chi connectivity index (χ4n) is 8.31. The Morgan fingerprint density at radius 3 is 1.80 bits per heavy atom. The first-order valence-electron chi connectivity index (χ1n) is 17.6. The molecule has 2 aliphatic heterocycles. The Balaban J connectivity index is 0.000000143. The number of amides is 1. The third-order valence-electron chi connectivity index (χ3n) is 11.2. The van der Waals surface area contributed by atoms with Gasteiger partial charge >= 0.3 is 5.97 Å². The Hall–Kier alpha value is -5.56. The van der Waals surface area contributed by atoms with Gasteiger partial charge in [0.1, 0.15) is 22.9 Å². The van der Waals surface area contributed by atoms with Crippen LogP contribution in [0.15, 0.2) is 97.1 Å². The van der Waals surface area contributed by atoms with Crippen molar-refractivity contribution in [3.63, 3.8) is 0 Å². The summed E-state index contributed by atoms with van der Waals surface area (Å²) < 4.78 is 3.95. The van der Waals surface area contributed by atoms with E-state index in [2.05, 4.69) is 48.1 Å². The van der Waals surface area contributed by atoms with E-state index in [0.717, 1.165) is 52.4 Å². The number of aliphatic hydroxyl groups excluding tert-OH is 1. The van der Waals surface area contributed by atoms with Gasteiger partial charge < -0.3 is 15.1 Å². The zero-order valence-electron chi connectivity index (χ0n) is 29.3. The fraction of sp³-hybridized carbons (Fsp3) is 0.250. The van der Waals surface area contributed by atoms with Crippen molar-refractivity contribution in [2.24, 2.45) is 11.8 Å². The molecule has 0 radical (unpaired) electrons. The van der Waals surface area contributed by atoms with Gasteiger partial charge in [-0.1, -0.05) is 47.5 Å². The number of fused-ring (bicyclic) bond motifs is 8. The van der Waals surface area contributed by atoms with Crippen LogP contribution in [0.4, 0.5) is 22.7 Å². The number of carboxylic acid groups (broad SMARTS) is 1. The Morgan fingerprint density at radius 1 is 0.722 bits per heavy atom. The monoisotopic (exact) mass is 760 g/mol. The lowest BCUT2D eigenvalue weighted by atomic mass is 10.00. The van der Waals surface area contributed by atoms with Crippen molar-refractivity contribution in [1.29, 1.82) is 0 Å². The first-order valence-corrected chi connectivity index (χ1v) is 18.4. The molecule has 0 saturated heterocycles. The van der Waals surface area contributed by atoms with Crippen molar-refractivity contribution in [2.75, 3.05) is 23.0 Å². The molecule has 4 aromatic carbocycles. The summed E-state index contributed by atoms with van der Waals surface area (Å²) in [5, 5.41) is 38.1. The van der Waals surface area contributed by atoms with Crippen LogP contribution in [0, 0.1) is 25.7 Å². The van der Waals surface area contributed by atoms with Crippen LogP contribution in [-0.4, -0.2) is 64.8 Å². The number of aliphatic hydroxyl groups is 1. The second kappa shape index (κ2) is 12.5. The van der Waals surface area contributed by atoms with Gasteiger partial charge in [-0.25, -0.2) is 0 Å². The number of benzene rings is 4. The van der Waals surface area contributed by atoms with E-state index in [1.807, 2.05) is 61.5 Å². The van der Waals surface area contributed by atoms with Gasteiger partial charge in [0.2, 0.25) is 5.91 Å². The molecule has 4 unspecified atom stereocenters. The van der Waals surface area contributed by atoms with Crippen LogP contribution in [-0.2, 0) is 20.4 Å². The highest BCUT2D eigenvalue weighted by Crippen LogP contribution is 2.59. The second-order valence-electron chi connectivity index (χ2n) is 14.3. The lowest BCUT2D eigenvalue weighted by molar-refractivity contribution is -0.140. The highest BCUT2D eigenvalue weighted by Gasteiger charge is 2.70. The summed E-state index contributed by atoms with van der Waals surface area (Å²) in [6, 6.07) is 30.6. The zero-order valence-corrected chi connectivity index (χ0v) is 30.8. The topological polar surface area (TPSA) is 142 Å². The third-order valence-corrected chi connectivity index (χ3v) is 11.7. The van der Waals surface area contributed by atoms with E-state index in [1.165, 1.54) is 0 Å². The van der Waals surface area contributed by atoms with E-state index < -0.39 is 17.3 Å². The Bertz CT molecular complexity index is 2470. The molecule has 54 heavy (non-hydrogen) atoms. The molecule has 6 aromatic rings. The maximum absolute atomic E-state index is 13.8. The van der Waals surface area contributed by atoms with Crippen LogP contribution in [0.5, 0.6) is 0 Å². The lowest BCUT2D eigenvalue weighted by Gasteiger charge is -2.28. The molecule has 2 aliphatic carbocycles. The summed E-state index contributed by atoms with van der Waals surface area (Å²) in [7, 11) is 0. The number of aromatic nitrogens is 6. The van der Waals surface area contributed by atoms with E-state index >= 15 is 0 Å². The first kappa shape index (κ1) is 34.2. The summed E-state index contributed by atoms with van der Waals surface area (Å²) in [5.41, 5.74) is 3.83. The number of carboxylic acids is 1. The number of para-hydroxylation sites is 4. The predicted molar refractivity (Wildman–Crippen MR) is 204 cm³/mol. The number of aliphatic carboxylic acids is 1. The van der Waals surface area contributed by atoms with E-state index in [-0.39, 0.29) is 30.3 Å². The summed E-state index contributed by atoms with van der Waals surface area (Å²) in [4.78, 5) is 29.5. The molecule has 2 saturated carbocycles. The number of aryl methyl sites for hydroxylation is 2. The largest absolute Gasteiger partial charge is 0.481 e. The maximum atomic E-state index is 13.8. The molecule has 2 aromatic heterocycles. The molecule has 0 bridgehead atoms. The molecule has 1 amide bonds. The Labute approximate surface area is 320 Å². The quantitative estimate of drug-likeness (QED) is 0.197. The molecular formula is C40H34Cl2N8O4. The molecule has 2 fully saturated rings. The van der Waals surface area contributed by atoms with E-state index in [9.17, 15) is 19.8 Å². The number of nitrogens with zero attached hydrogens (tertiary/aromatic N) is 8. The summed E-state index contributed by atoms with van der Waals surface area (Å²) in [6.45, 7) is 4.70. The Morgan fingerprint density at radius 2 is 1.24 bits per heavy atom. The van der Waals surface area contributed by atoms with Crippen LogP contribution >= 0.6 is 23.2 Å². The molecule has 14 heteroatoms. The van der Waals surface area contributed by atoms with Crippen molar-refractivity contribution < 1.29 is 19.8 Å². The van der Waals surface area contributed by atoms with E-state index in [1.54, 1.807) is 40.7 Å². The van der Waals surface area contributed by atoms with Gasteiger partial charge in [-0.3, -0.25) is 23.6 Å². The molecule has 272 valence electrons. The van der Waals surface area contributed by atoms with E-state index in [4.69, 9.17) is 23.2 Å². The standard InChI is InChI=1S/C20H15ClN4O3.C20H19ClN4O/c1-11-22-23-18-20(10-14(20)17(26)27)19(28)25(13-8-6-12(21)7-9-13)16-5-3-2-4-15(16)24(11)18;1-13-22-23-19-20(10-14(20)11-26)12-24(16-8-6-15(21)7-9-16)17-4-2-3-5-18(17)25(13)19/h2-9,14H,10H2,1H3,(H,26,27);2-9,14,26H,10-12H2,1H3. The summed E-state index contributed by atoms with van der Waals surface area (Å²) >= 11 is 12.1. The average Bonchev–Trinajstić information content (AvgIpc) is 4.04. The molecule has 2 N–H and O–H groups in total. The minimum atomic E-state index is -1.24. The normalized spacial score (nSPS) is 23.0. The molecule has 10 rings (SSSR count). The van der Waals surface area contributed by atoms with Crippen LogP contribution in [0.25, 0.3) is 11.4 Å². The number of hydrogen-bond acceptors (Lipinski definition) is 8. The van der Waals surface area contributed by atoms with Crippen molar-refractivity contribution in [3.8, 4) is 11.4 Å². The van der Waals surface area contributed by atoms with Gasteiger partial charge in [-0.2, -0.15) is 0 Å². The number of hydrogen-bond donors (Lipinski definition) is 2. The molecule has 12 nitrogen and oxygen atoms in total. The molecule has 2 spiro atoms. The molecular weight excluding hydrogens is 727 g/mol. The number of carbonyl (C=O) groups is 2. The first-order chi connectivity index (χ1) is 26.1. The minimum Gasteiger partial charge on any atom is -0.481 e. The van der Waals surface area contributed by atoms with Crippen LogP contribution in [0.2, 0.25) is 10.0 Å². The number of carbonyl (C=O) groups excluding carboxylic acids is 1. The molecule has 4 heterocycles. The van der Waals surface area contributed by atoms with Crippen LogP contribution in [0.3, 0.4) is 0 Å². The summed E-state index contributed by atoms with van der Waals surface area (Å²) in [5.74, 6) is 0.838. The molecule has 4 atom stereocenters. The van der Waals surface area contributed by atoms with Crippen molar-refractivity contribution >= 4 is 57.8 Å². The van der Waals surface area contributed by atoms with Gasteiger partial charge in [-0.05, 0) is 105 Å². The van der Waals surface area contributed by atoms with Gasteiger partial charge in [0.25, 0.3) is 0 Å². The van der Waals surface area contributed by atoms with Crippen molar-refractivity contribution in [2.45, 2.75) is 37.5 Å². The predicted octanol–water partition coefficient (Wildman–Crippen LogP) is 6.88. The van der Waals surface area contributed by atoms with Gasteiger partial charge in [0.15, 0.2) is 5.82 Å². The van der Waals surface area contributed by atoms with Crippen LogP contribution in [0.1, 0.15) is 36.1 Å². The zero-order chi connectivity index (χ0) is 37.5. The van der Waals surface area contributed by atoms with Crippen molar-refractivity contribution in [1.82, 2.24) is 29.5 Å². The highest BCUT2D eigenvalue weighted by atomic mass is 35.5. The van der Waals surface area contributed by atoms with Crippen LogP contribution < -0.4 is 9.80 Å². The van der Waals surface area contributed by atoms with E-state index in [0.29, 0.717) is 28.0 Å². The minimum absolute atomic E-state index is 0.163. The highest BCUT2D eigenvalue weighted by molar-refractivity contribution is 6.31. The number of rotatable bonds is 4. The van der Waals surface area contributed by atoms with Gasteiger partial charge in [0.05, 0.1) is 34.1 Å². The van der Waals surface area contributed by atoms with Crippen molar-refractivity contribution in [3.05, 3.63) is 130 Å². The third kappa shape index (κ3) is 5.08. The van der Waals surface area contributed by atoms with Gasteiger partial charge in [0, 0.05) is 34.6 Å². The smallest absolute Gasteiger partial charge is 0.308 e. The SMILES string of the molecule is Cc1nnc2n1-c1ccccc1N(c1ccc(Cl)cc1)C(=O)C21CC1C(=O)O.Cc1nnc2n1-c1ccccc1N(c1ccc(Cl)cc1)CC21CC1CO. The maximum Gasteiger partial charge on any atom is 0.308 e. The van der Waals surface area contributed by atoms with Gasteiger partial charge in [-0.15, -0.1) is 20.4 Å². The Kier molecular flexibility index (Phi) is 7.93.